The molecule has 0 saturated heterocycles. The lowest BCUT2D eigenvalue weighted by atomic mass is 10.0. The van der Waals surface area contributed by atoms with Crippen molar-refractivity contribution in [1.29, 1.82) is 0 Å². The van der Waals surface area contributed by atoms with E-state index in [4.69, 9.17) is 16.3 Å². The van der Waals surface area contributed by atoms with Crippen molar-refractivity contribution in [3.63, 3.8) is 0 Å². The van der Waals surface area contributed by atoms with Gasteiger partial charge in [-0.15, -0.1) is 0 Å². The molecular formula is C20H15ClO2. The number of ether oxygens (including phenoxy) is 1. The van der Waals surface area contributed by atoms with Gasteiger partial charge >= 0.3 is 5.97 Å². The van der Waals surface area contributed by atoms with Crippen LogP contribution in [0, 0.1) is 6.92 Å². The van der Waals surface area contributed by atoms with Crippen LogP contribution in [-0.4, -0.2) is 5.97 Å². The molecular weight excluding hydrogens is 308 g/mol. The van der Waals surface area contributed by atoms with E-state index in [1.54, 1.807) is 24.3 Å². The number of rotatable bonds is 3. The first kappa shape index (κ1) is 15.3. The third-order valence-corrected chi connectivity index (χ3v) is 3.99. The average Bonchev–Trinajstić information content (AvgIpc) is 2.59. The van der Waals surface area contributed by atoms with Gasteiger partial charge in [-0.3, -0.25) is 0 Å². The van der Waals surface area contributed by atoms with E-state index in [9.17, 15) is 4.79 Å². The summed E-state index contributed by atoms with van der Waals surface area (Å²) >= 11 is 6.04. The maximum Gasteiger partial charge on any atom is 0.343 e. The smallest absolute Gasteiger partial charge is 0.343 e. The molecule has 0 aliphatic rings. The van der Waals surface area contributed by atoms with Crippen molar-refractivity contribution < 1.29 is 9.53 Å². The van der Waals surface area contributed by atoms with E-state index in [1.807, 2.05) is 55.5 Å². The maximum absolute atomic E-state index is 12.2. The normalized spacial score (nSPS) is 10.3. The second-order valence-electron chi connectivity index (χ2n) is 5.24. The second kappa shape index (κ2) is 6.67. The summed E-state index contributed by atoms with van der Waals surface area (Å²) in [7, 11) is 0. The van der Waals surface area contributed by atoms with Gasteiger partial charge in [-0.1, -0.05) is 60.1 Å². The highest BCUT2D eigenvalue weighted by Gasteiger charge is 2.09. The molecule has 23 heavy (non-hydrogen) atoms. The van der Waals surface area contributed by atoms with Crippen LogP contribution in [0.5, 0.6) is 5.75 Å². The summed E-state index contributed by atoms with van der Waals surface area (Å²) in [6.07, 6.45) is 0. The molecule has 0 aliphatic carbocycles. The fourth-order valence-corrected chi connectivity index (χ4v) is 2.40. The number of carbonyl (C=O) groups excluding carboxylic acids is 1. The molecule has 0 heterocycles. The van der Waals surface area contributed by atoms with Crippen molar-refractivity contribution in [3.8, 4) is 16.9 Å². The molecule has 0 aromatic heterocycles. The highest BCUT2D eigenvalue weighted by molar-refractivity contribution is 6.31. The molecule has 0 N–H and O–H groups in total. The molecule has 0 saturated carbocycles. The summed E-state index contributed by atoms with van der Waals surface area (Å²) in [5.41, 5.74) is 3.61. The Morgan fingerprint density at radius 3 is 2.17 bits per heavy atom. The molecule has 3 aromatic carbocycles. The Bertz CT molecular complexity index is 824. The van der Waals surface area contributed by atoms with E-state index in [0.29, 0.717) is 16.3 Å². The lowest BCUT2D eigenvalue weighted by Gasteiger charge is -2.07. The van der Waals surface area contributed by atoms with Crippen molar-refractivity contribution in [1.82, 2.24) is 0 Å². The topological polar surface area (TPSA) is 26.3 Å². The van der Waals surface area contributed by atoms with Gasteiger partial charge in [-0.2, -0.15) is 0 Å². The van der Waals surface area contributed by atoms with Gasteiger partial charge in [0.05, 0.1) is 5.56 Å². The Hall–Kier alpha value is -2.58. The first-order valence-corrected chi connectivity index (χ1v) is 7.65. The number of hydrogen-bond acceptors (Lipinski definition) is 2. The molecule has 0 amide bonds. The highest BCUT2D eigenvalue weighted by Crippen LogP contribution is 2.23. The Morgan fingerprint density at radius 2 is 1.52 bits per heavy atom. The monoisotopic (exact) mass is 322 g/mol. The van der Waals surface area contributed by atoms with Crippen LogP contribution in [0.4, 0.5) is 0 Å². The molecule has 2 nitrogen and oxygen atoms in total. The minimum Gasteiger partial charge on any atom is -0.423 e. The predicted molar refractivity (Wildman–Crippen MR) is 93.0 cm³/mol. The van der Waals surface area contributed by atoms with E-state index in [2.05, 4.69) is 0 Å². The standard InChI is InChI=1S/C20H15ClO2/c1-14-7-12-18(13-19(14)21)23-20(22)17-10-8-16(9-11-17)15-5-3-2-4-6-15/h2-13H,1H3. The third-order valence-electron chi connectivity index (χ3n) is 3.58. The van der Waals surface area contributed by atoms with E-state index >= 15 is 0 Å². The zero-order valence-electron chi connectivity index (χ0n) is 12.6. The number of carbonyl (C=O) groups is 1. The SMILES string of the molecule is Cc1ccc(OC(=O)c2ccc(-c3ccccc3)cc2)cc1Cl. The van der Waals surface area contributed by atoms with E-state index < -0.39 is 5.97 Å². The van der Waals surface area contributed by atoms with Crippen molar-refractivity contribution >= 4 is 17.6 Å². The van der Waals surface area contributed by atoms with Crippen molar-refractivity contribution in [3.05, 3.63) is 88.9 Å². The first-order chi connectivity index (χ1) is 11.1. The maximum atomic E-state index is 12.2. The summed E-state index contributed by atoms with van der Waals surface area (Å²) in [5, 5.41) is 0.578. The van der Waals surface area contributed by atoms with Crippen LogP contribution >= 0.6 is 11.6 Å². The minimum atomic E-state index is -0.399. The predicted octanol–water partition coefficient (Wildman–Crippen LogP) is 5.53. The third kappa shape index (κ3) is 3.61. The summed E-state index contributed by atoms with van der Waals surface area (Å²) in [6, 6.07) is 22.6. The van der Waals surface area contributed by atoms with Crippen LogP contribution in [0.15, 0.2) is 72.8 Å². The lowest BCUT2D eigenvalue weighted by molar-refractivity contribution is 0.0735. The molecule has 0 aliphatic heterocycles. The molecule has 0 bridgehead atoms. The molecule has 0 spiro atoms. The summed E-state index contributed by atoms with van der Waals surface area (Å²) in [5.74, 6) is 0.0438. The Balaban J connectivity index is 1.76. The van der Waals surface area contributed by atoms with Crippen LogP contribution in [0.2, 0.25) is 5.02 Å². The van der Waals surface area contributed by atoms with Gasteiger partial charge in [0.1, 0.15) is 5.75 Å². The van der Waals surface area contributed by atoms with Crippen molar-refractivity contribution in [2.75, 3.05) is 0 Å². The van der Waals surface area contributed by atoms with Crippen LogP contribution < -0.4 is 4.74 Å². The first-order valence-electron chi connectivity index (χ1n) is 7.27. The van der Waals surface area contributed by atoms with E-state index in [0.717, 1.165) is 16.7 Å². The lowest BCUT2D eigenvalue weighted by Crippen LogP contribution is -2.08. The quantitative estimate of drug-likeness (QED) is 0.468. The zero-order chi connectivity index (χ0) is 16.2. The fraction of sp³-hybridized carbons (Fsp3) is 0.0500. The summed E-state index contributed by atoms with van der Waals surface area (Å²) in [6.45, 7) is 1.90. The fourth-order valence-electron chi connectivity index (χ4n) is 2.23. The van der Waals surface area contributed by atoms with Gasteiger partial charge in [-0.25, -0.2) is 4.79 Å². The minimum absolute atomic E-state index is 0.399. The summed E-state index contributed by atoms with van der Waals surface area (Å²) in [4.78, 5) is 12.2. The van der Waals surface area contributed by atoms with Gasteiger partial charge in [0.25, 0.3) is 0 Å². The molecule has 3 aromatic rings. The highest BCUT2D eigenvalue weighted by atomic mass is 35.5. The molecule has 3 rings (SSSR count). The molecule has 0 atom stereocenters. The Kier molecular flexibility index (Phi) is 4.45. The van der Waals surface area contributed by atoms with Gasteiger partial charge in [0.15, 0.2) is 0 Å². The molecule has 0 unspecified atom stereocenters. The molecule has 114 valence electrons. The molecule has 0 fully saturated rings. The van der Waals surface area contributed by atoms with Crippen LogP contribution in [-0.2, 0) is 0 Å². The number of hydrogen-bond donors (Lipinski definition) is 0. The average molecular weight is 323 g/mol. The second-order valence-corrected chi connectivity index (χ2v) is 5.65. The van der Waals surface area contributed by atoms with Crippen LogP contribution in [0.25, 0.3) is 11.1 Å². The van der Waals surface area contributed by atoms with Gasteiger partial charge in [0, 0.05) is 5.02 Å². The number of halogens is 1. The number of esters is 1. The summed E-state index contributed by atoms with van der Waals surface area (Å²) < 4.78 is 5.36. The molecule has 0 radical (unpaired) electrons. The van der Waals surface area contributed by atoms with Crippen LogP contribution in [0.3, 0.4) is 0 Å². The zero-order valence-corrected chi connectivity index (χ0v) is 13.4. The van der Waals surface area contributed by atoms with Crippen LogP contribution in [0.1, 0.15) is 15.9 Å². The van der Waals surface area contributed by atoms with Crippen molar-refractivity contribution in [2.45, 2.75) is 6.92 Å². The largest absolute Gasteiger partial charge is 0.423 e. The van der Waals surface area contributed by atoms with Gasteiger partial charge in [-0.05, 0) is 47.9 Å². The Labute approximate surface area is 140 Å². The van der Waals surface area contributed by atoms with Crippen molar-refractivity contribution in [2.24, 2.45) is 0 Å². The number of benzene rings is 3. The number of aryl methyl sites for hydroxylation is 1. The van der Waals surface area contributed by atoms with Gasteiger partial charge in [0.2, 0.25) is 0 Å². The Morgan fingerprint density at radius 1 is 0.870 bits per heavy atom. The molecule has 3 heteroatoms. The van der Waals surface area contributed by atoms with E-state index in [1.165, 1.54) is 0 Å². The van der Waals surface area contributed by atoms with Gasteiger partial charge < -0.3 is 4.74 Å². The van der Waals surface area contributed by atoms with E-state index in [-0.39, 0.29) is 0 Å².